The molecule has 2 aromatic rings. The van der Waals surface area contributed by atoms with Gasteiger partial charge in [0.2, 0.25) is 0 Å². The fourth-order valence-electron chi connectivity index (χ4n) is 2.09. The predicted molar refractivity (Wildman–Crippen MR) is 84.6 cm³/mol. The van der Waals surface area contributed by atoms with Gasteiger partial charge in [0.1, 0.15) is 0 Å². The summed E-state index contributed by atoms with van der Waals surface area (Å²) in [4.78, 5) is 0.340. The van der Waals surface area contributed by atoms with Crippen molar-refractivity contribution in [1.82, 2.24) is 5.32 Å². The van der Waals surface area contributed by atoms with Crippen molar-refractivity contribution in [3.8, 4) is 0 Å². The third-order valence-electron chi connectivity index (χ3n) is 3.13. The number of rotatable bonds is 4. The van der Waals surface area contributed by atoms with Crippen LogP contribution in [0.1, 0.15) is 17.2 Å². The smallest absolute Gasteiger partial charge is 0.175 e. The zero-order valence-corrected chi connectivity index (χ0v) is 13.7. The first-order chi connectivity index (χ1) is 9.41. The van der Waals surface area contributed by atoms with E-state index in [1.807, 2.05) is 43.4 Å². The molecule has 0 aliphatic carbocycles. The van der Waals surface area contributed by atoms with E-state index >= 15 is 0 Å². The molecule has 0 aliphatic heterocycles. The molecule has 5 heteroatoms. The van der Waals surface area contributed by atoms with Crippen LogP contribution in [0.3, 0.4) is 0 Å². The summed E-state index contributed by atoms with van der Waals surface area (Å²) in [6, 6.07) is 15.1. The van der Waals surface area contributed by atoms with Gasteiger partial charge in [-0.05, 0) is 42.4 Å². The van der Waals surface area contributed by atoms with Crippen molar-refractivity contribution in [3.05, 3.63) is 64.1 Å². The van der Waals surface area contributed by atoms with Crippen molar-refractivity contribution in [2.45, 2.75) is 10.9 Å². The first-order valence-electron chi connectivity index (χ1n) is 6.14. The maximum atomic E-state index is 11.5. The van der Waals surface area contributed by atoms with E-state index in [0.29, 0.717) is 4.90 Å². The highest BCUT2D eigenvalue weighted by Gasteiger charge is 2.13. The third kappa shape index (κ3) is 3.48. The number of hydrogen-bond acceptors (Lipinski definition) is 3. The van der Waals surface area contributed by atoms with Crippen molar-refractivity contribution in [2.24, 2.45) is 0 Å². The van der Waals surface area contributed by atoms with Gasteiger partial charge in [0.25, 0.3) is 0 Å². The quantitative estimate of drug-likeness (QED) is 0.918. The van der Waals surface area contributed by atoms with E-state index < -0.39 is 9.84 Å². The fraction of sp³-hybridized carbons (Fsp3) is 0.200. The van der Waals surface area contributed by atoms with Crippen LogP contribution in [0.25, 0.3) is 0 Å². The molecule has 3 nitrogen and oxygen atoms in total. The molecule has 2 rings (SSSR count). The second-order valence-electron chi connectivity index (χ2n) is 4.61. The molecule has 0 bridgehead atoms. The molecule has 0 saturated heterocycles. The van der Waals surface area contributed by atoms with Crippen molar-refractivity contribution in [2.75, 3.05) is 13.3 Å². The van der Waals surface area contributed by atoms with Crippen LogP contribution in [0.2, 0.25) is 0 Å². The summed E-state index contributed by atoms with van der Waals surface area (Å²) < 4.78 is 24.0. The standard InChI is InChI=1S/C15H16BrNO2S/c1-17-15(11-3-7-13(16)8-4-11)12-5-9-14(10-6-12)20(2,18)19/h3-10,15,17H,1-2H3. The van der Waals surface area contributed by atoms with Crippen LogP contribution >= 0.6 is 15.9 Å². The zero-order chi connectivity index (χ0) is 14.8. The molecule has 0 spiro atoms. The Kier molecular flexibility index (Phi) is 4.62. The van der Waals surface area contributed by atoms with Gasteiger partial charge in [0, 0.05) is 10.7 Å². The highest BCUT2D eigenvalue weighted by molar-refractivity contribution is 9.10. The Morgan fingerprint density at radius 2 is 1.40 bits per heavy atom. The van der Waals surface area contributed by atoms with Crippen LogP contribution in [-0.4, -0.2) is 21.7 Å². The molecular formula is C15H16BrNO2S. The van der Waals surface area contributed by atoms with Gasteiger partial charge >= 0.3 is 0 Å². The molecule has 1 atom stereocenters. The number of hydrogen-bond donors (Lipinski definition) is 1. The molecule has 1 unspecified atom stereocenters. The lowest BCUT2D eigenvalue weighted by Gasteiger charge is -2.17. The van der Waals surface area contributed by atoms with Crippen LogP contribution in [-0.2, 0) is 9.84 Å². The Labute approximate surface area is 128 Å². The lowest BCUT2D eigenvalue weighted by Crippen LogP contribution is -2.17. The SMILES string of the molecule is CNC(c1ccc(Br)cc1)c1ccc(S(C)(=O)=O)cc1. The summed E-state index contributed by atoms with van der Waals surface area (Å²) in [7, 11) is -1.26. The van der Waals surface area contributed by atoms with Gasteiger partial charge in [-0.2, -0.15) is 0 Å². The summed E-state index contributed by atoms with van der Waals surface area (Å²) in [5.74, 6) is 0. The predicted octanol–water partition coefficient (Wildman–Crippen LogP) is 3.16. The molecular weight excluding hydrogens is 338 g/mol. The Morgan fingerprint density at radius 1 is 0.950 bits per heavy atom. The van der Waals surface area contributed by atoms with Crippen molar-refractivity contribution < 1.29 is 8.42 Å². The molecule has 0 fully saturated rings. The van der Waals surface area contributed by atoms with Crippen LogP contribution < -0.4 is 5.32 Å². The van der Waals surface area contributed by atoms with Crippen LogP contribution in [0.5, 0.6) is 0 Å². The highest BCUT2D eigenvalue weighted by atomic mass is 79.9. The third-order valence-corrected chi connectivity index (χ3v) is 4.79. The summed E-state index contributed by atoms with van der Waals surface area (Å²) in [6.45, 7) is 0. The molecule has 0 radical (unpaired) electrons. The Hall–Kier alpha value is -1.17. The zero-order valence-electron chi connectivity index (χ0n) is 11.3. The number of benzene rings is 2. The van der Waals surface area contributed by atoms with E-state index in [0.717, 1.165) is 15.6 Å². The van der Waals surface area contributed by atoms with Gasteiger partial charge < -0.3 is 5.32 Å². The number of sulfone groups is 1. The highest BCUT2D eigenvalue weighted by Crippen LogP contribution is 2.24. The summed E-state index contributed by atoms with van der Waals surface area (Å²) in [5.41, 5.74) is 2.16. The van der Waals surface area contributed by atoms with E-state index in [2.05, 4.69) is 21.2 Å². The van der Waals surface area contributed by atoms with E-state index in [-0.39, 0.29) is 6.04 Å². The van der Waals surface area contributed by atoms with Gasteiger partial charge in [-0.3, -0.25) is 0 Å². The van der Waals surface area contributed by atoms with E-state index in [9.17, 15) is 8.42 Å². The summed E-state index contributed by atoms with van der Waals surface area (Å²) in [5, 5.41) is 3.25. The van der Waals surface area contributed by atoms with E-state index in [1.54, 1.807) is 12.1 Å². The van der Waals surface area contributed by atoms with Gasteiger partial charge in [0.15, 0.2) is 9.84 Å². The monoisotopic (exact) mass is 353 g/mol. The van der Waals surface area contributed by atoms with Crippen molar-refractivity contribution in [3.63, 3.8) is 0 Å². The van der Waals surface area contributed by atoms with Gasteiger partial charge in [-0.1, -0.05) is 40.2 Å². The minimum absolute atomic E-state index is 0.0386. The first-order valence-corrected chi connectivity index (χ1v) is 8.83. The van der Waals surface area contributed by atoms with Crippen LogP contribution in [0, 0.1) is 0 Å². The lowest BCUT2D eigenvalue weighted by molar-refractivity contribution is 0.601. The van der Waals surface area contributed by atoms with Crippen LogP contribution in [0.15, 0.2) is 57.9 Å². The lowest BCUT2D eigenvalue weighted by atomic mass is 9.99. The molecule has 0 heterocycles. The number of nitrogens with one attached hydrogen (secondary N) is 1. The molecule has 0 amide bonds. The topological polar surface area (TPSA) is 46.2 Å². The Bertz CT molecular complexity index is 679. The first kappa shape index (κ1) is 15.2. The minimum Gasteiger partial charge on any atom is -0.309 e. The Balaban J connectivity index is 2.35. The Morgan fingerprint density at radius 3 is 1.80 bits per heavy atom. The van der Waals surface area contributed by atoms with E-state index in [4.69, 9.17) is 0 Å². The van der Waals surface area contributed by atoms with Gasteiger partial charge in [-0.15, -0.1) is 0 Å². The number of halogens is 1. The normalized spacial score (nSPS) is 13.2. The molecule has 0 aromatic heterocycles. The molecule has 20 heavy (non-hydrogen) atoms. The molecule has 2 aromatic carbocycles. The van der Waals surface area contributed by atoms with Crippen molar-refractivity contribution in [1.29, 1.82) is 0 Å². The molecule has 0 saturated carbocycles. The second kappa shape index (κ2) is 6.08. The van der Waals surface area contributed by atoms with Gasteiger partial charge in [0.05, 0.1) is 10.9 Å². The molecule has 0 aliphatic rings. The maximum absolute atomic E-state index is 11.5. The maximum Gasteiger partial charge on any atom is 0.175 e. The summed E-state index contributed by atoms with van der Waals surface area (Å²) in [6.07, 6.45) is 1.21. The largest absolute Gasteiger partial charge is 0.309 e. The average Bonchev–Trinajstić information content (AvgIpc) is 2.41. The fourth-order valence-corrected chi connectivity index (χ4v) is 2.98. The van der Waals surface area contributed by atoms with Gasteiger partial charge in [-0.25, -0.2) is 8.42 Å². The van der Waals surface area contributed by atoms with Crippen molar-refractivity contribution >= 4 is 25.8 Å². The molecule has 106 valence electrons. The molecule has 1 N–H and O–H groups in total. The van der Waals surface area contributed by atoms with E-state index in [1.165, 1.54) is 6.26 Å². The second-order valence-corrected chi connectivity index (χ2v) is 7.55. The van der Waals surface area contributed by atoms with Crippen LogP contribution in [0.4, 0.5) is 0 Å². The summed E-state index contributed by atoms with van der Waals surface area (Å²) >= 11 is 3.42. The minimum atomic E-state index is -3.15. The average molecular weight is 354 g/mol.